The van der Waals surface area contributed by atoms with E-state index in [2.05, 4.69) is 9.97 Å². The molecule has 0 fully saturated rings. The van der Waals surface area contributed by atoms with Crippen LogP contribution in [0.4, 0.5) is 26.3 Å². The Balaban J connectivity index is 1.67. The number of aromatic nitrogens is 4. The molecule has 4 aromatic carbocycles. The molecule has 8 aromatic rings. The third-order valence-electron chi connectivity index (χ3n) is 7.07. The van der Waals surface area contributed by atoms with Crippen LogP contribution in [0.1, 0.15) is 0 Å². The number of pyridine rings is 2. The molecule has 0 unspecified atom stereocenters. The molecule has 0 bridgehead atoms. The summed E-state index contributed by atoms with van der Waals surface area (Å²) in [7, 11) is 0. The lowest BCUT2D eigenvalue weighted by molar-refractivity contribution is 0.452. The van der Waals surface area contributed by atoms with Gasteiger partial charge in [0.25, 0.3) is 11.1 Å². The lowest BCUT2D eigenvalue weighted by atomic mass is 9.96. The van der Waals surface area contributed by atoms with Crippen LogP contribution < -0.4 is 11.1 Å². The van der Waals surface area contributed by atoms with E-state index in [0.717, 1.165) is 8.80 Å². The van der Waals surface area contributed by atoms with E-state index in [0.29, 0.717) is 12.1 Å². The van der Waals surface area contributed by atoms with Crippen molar-refractivity contribution in [2.75, 3.05) is 0 Å². The van der Waals surface area contributed by atoms with Crippen molar-refractivity contribution in [3.8, 4) is 0 Å². The van der Waals surface area contributed by atoms with Gasteiger partial charge in [0.05, 0.1) is 11.0 Å². The summed E-state index contributed by atoms with van der Waals surface area (Å²) in [5.41, 5.74) is -3.48. The molecule has 0 spiro atoms. The van der Waals surface area contributed by atoms with Crippen LogP contribution in [0.2, 0.25) is 0 Å². The van der Waals surface area contributed by atoms with E-state index in [1.807, 2.05) is 0 Å². The van der Waals surface area contributed by atoms with Crippen molar-refractivity contribution < 1.29 is 26.3 Å². The highest BCUT2D eigenvalue weighted by Crippen LogP contribution is 2.37. The van der Waals surface area contributed by atoms with E-state index in [9.17, 15) is 35.9 Å². The molecule has 0 radical (unpaired) electrons. The van der Waals surface area contributed by atoms with E-state index in [-0.39, 0.29) is 54.6 Å². The molecule has 8 rings (SSSR count). The van der Waals surface area contributed by atoms with Crippen LogP contribution in [0.3, 0.4) is 0 Å². The van der Waals surface area contributed by atoms with E-state index in [1.165, 1.54) is 24.3 Å². The number of hydrogen-bond acceptors (Lipinski definition) is 4. The van der Waals surface area contributed by atoms with Gasteiger partial charge in [-0.1, -0.05) is 0 Å². The van der Waals surface area contributed by atoms with Gasteiger partial charge in [-0.05, 0) is 24.3 Å². The van der Waals surface area contributed by atoms with E-state index in [4.69, 9.17) is 0 Å². The number of nitrogens with zero attached hydrogens (tertiary/aromatic N) is 4. The molecule has 0 aliphatic carbocycles. The predicted molar refractivity (Wildman–Crippen MR) is 126 cm³/mol. The highest BCUT2D eigenvalue weighted by molar-refractivity contribution is 6.27. The van der Waals surface area contributed by atoms with Crippen LogP contribution in [0.5, 0.6) is 0 Å². The lowest BCUT2D eigenvalue weighted by Crippen LogP contribution is -2.17. The molecule has 4 aromatic heterocycles. The molecule has 4 heterocycles. The van der Waals surface area contributed by atoms with Crippen molar-refractivity contribution in [3.63, 3.8) is 0 Å². The van der Waals surface area contributed by atoms with Crippen molar-refractivity contribution in [2.45, 2.75) is 0 Å². The third kappa shape index (κ3) is 2.18. The topological polar surface area (TPSA) is 68.7 Å². The Hall–Kier alpha value is -5.00. The molecule has 0 saturated heterocycles. The minimum Gasteiger partial charge on any atom is -0.268 e. The normalized spacial score (nSPS) is 12.7. The average molecular weight is 520 g/mol. The summed E-state index contributed by atoms with van der Waals surface area (Å²) in [6, 6.07) is 6.90. The number of fused-ring (bicyclic) bond motifs is 8. The second kappa shape index (κ2) is 6.46. The lowest BCUT2D eigenvalue weighted by Gasteiger charge is -2.12. The Morgan fingerprint density at radius 2 is 0.895 bits per heavy atom. The maximum atomic E-state index is 14.8. The maximum absolute atomic E-state index is 14.8. The SMILES string of the molecule is O=c1c2ccc3c4c(ccc(c24)c2nc4cc(F)c(F)c(F)c4n12)c(=O)n1c3nc2cc(F)c(F)c(F)c21. The van der Waals surface area contributed by atoms with Gasteiger partial charge in [-0.3, -0.25) is 18.4 Å². The largest absolute Gasteiger partial charge is 0.268 e. The molecule has 0 aliphatic heterocycles. The number of hydrogen-bond donors (Lipinski definition) is 0. The van der Waals surface area contributed by atoms with Gasteiger partial charge in [-0.2, -0.15) is 0 Å². The number of halogens is 6. The molecule has 0 amide bonds. The van der Waals surface area contributed by atoms with E-state index < -0.39 is 57.1 Å². The first-order valence-electron chi connectivity index (χ1n) is 11.0. The van der Waals surface area contributed by atoms with Gasteiger partial charge in [0, 0.05) is 44.5 Å². The van der Waals surface area contributed by atoms with Crippen LogP contribution in [-0.2, 0) is 0 Å². The zero-order valence-electron chi connectivity index (χ0n) is 18.3. The highest BCUT2D eigenvalue weighted by Gasteiger charge is 2.26. The number of rotatable bonds is 0. The van der Waals surface area contributed by atoms with Crippen LogP contribution in [0, 0.1) is 34.9 Å². The summed E-state index contributed by atoms with van der Waals surface area (Å²) in [5.74, 6) is -9.62. The molecule has 6 nitrogen and oxygen atoms in total. The van der Waals surface area contributed by atoms with Crippen molar-refractivity contribution in [3.05, 3.63) is 92.0 Å². The molecule has 0 atom stereocenters. The van der Waals surface area contributed by atoms with Crippen molar-refractivity contribution in [1.29, 1.82) is 0 Å². The smallest absolute Gasteiger partial charge is 0.264 e. The third-order valence-corrected chi connectivity index (χ3v) is 7.07. The summed E-state index contributed by atoms with van der Waals surface area (Å²) in [6.45, 7) is 0. The summed E-state index contributed by atoms with van der Waals surface area (Å²) >= 11 is 0. The van der Waals surface area contributed by atoms with E-state index >= 15 is 0 Å². The first kappa shape index (κ1) is 21.1. The molecule has 0 saturated carbocycles. The van der Waals surface area contributed by atoms with E-state index in [1.54, 1.807) is 0 Å². The standard InChI is InChI=1S/C26H6F6N4O2/c27-11-5-13-21(19(31)17(11)29)35-23(33-13)7-1-3-9-16-8(2-4-10(15(7)16)26(35)38)24-34-14-6-12(28)18(30)20(32)22(14)36(24)25(9)37/h1-6H. The van der Waals surface area contributed by atoms with Gasteiger partial charge in [0.1, 0.15) is 22.3 Å². The highest BCUT2D eigenvalue weighted by atomic mass is 19.2. The van der Waals surface area contributed by atoms with Crippen LogP contribution in [0.25, 0.3) is 65.7 Å². The van der Waals surface area contributed by atoms with Crippen molar-refractivity contribution >= 4 is 65.7 Å². The Kier molecular flexibility index (Phi) is 3.59. The quantitative estimate of drug-likeness (QED) is 0.157. The van der Waals surface area contributed by atoms with Crippen molar-refractivity contribution in [2.24, 2.45) is 0 Å². The zero-order chi connectivity index (χ0) is 26.4. The Morgan fingerprint density at radius 1 is 0.526 bits per heavy atom. The van der Waals surface area contributed by atoms with Gasteiger partial charge >= 0.3 is 0 Å². The molecular formula is C26H6F6N4O2. The predicted octanol–water partition coefficient (Wildman–Crippen LogP) is 5.18. The summed E-state index contributed by atoms with van der Waals surface area (Å²) in [4.78, 5) is 35.4. The van der Waals surface area contributed by atoms with Crippen LogP contribution in [-0.4, -0.2) is 18.8 Å². The molecule has 12 heteroatoms. The molecule has 0 aliphatic rings. The number of imidazole rings is 2. The average Bonchev–Trinajstić information content (AvgIpc) is 3.47. The fourth-order valence-electron chi connectivity index (χ4n) is 5.50. The van der Waals surface area contributed by atoms with Gasteiger partial charge < -0.3 is 0 Å². The van der Waals surface area contributed by atoms with Crippen molar-refractivity contribution in [1.82, 2.24) is 18.8 Å². The molecule has 184 valence electrons. The van der Waals surface area contributed by atoms with Gasteiger partial charge in [0.15, 0.2) is 34.9 Å². The molecule has 0 N–H and O–H groups in total. The van der Waals surface area contributed by atoms with Crippen LogP contribution >= 0.6 is 0 Å². The molecular weight excluding hydrogens is 514 g/mol. The second-order valence-electron chi connectivity index (χ2n) is 8.93. The molecule has 38 heavy (non-hydrogen) atoms. The second-order valence-corrected chi connectivity index (χ2v) is 8.93. The number of benzene rings is 4. The summed E-state index contributed by atoms with van der Waals surface area (Å²) in [6.07, 6.45) is 0. The monoisotopic (exact) mass is 520 g/mol. The minimum atomic E-state index is -1.76. The summed E-state index contributed by atoms with van der Waals surface area (Å²) < 4.78 is 87.1. The fraction of sp³-hybridized carbons (Fsp3) is 0. The van der Waals surface area contributed by atoms with Gasteiger partial charge in [-0.25, -0.2) is 36.3 Å². The maximum Gasteiger partial charge on any atom is 0.264 e. The fourth-order valence-corrected chi connectivity index (χ4v) is 5.50. The van der Waals surface area contributed by atoms with Gasteiger partial charge in [-0.15, -0.1) is 0 Å². The Labute approximate surface area is 203 Å². The van der Waals surface area contributed by atoms with Crippen LogP contribution in [0.15, 0.2) is 46.0 Å². The first-order chi connectivity index (χ1) is 18.2. The Morgan fingerprint density at radius 3 is 1.29 bits per heavy atom. The Bertz CT molecular complexity index is 2350. The summed E-state index contributed by atoms with van der Waals surface area (Å²) in [5, 5.41) is 1.01. The van der Waals surface area contributed by atoms with Gasteiger partial charge in [0.2, 0.25) is 0 Å². The minimum absolute atomic E-state index is 0.0113. The first-order valence-corrected chi connectivity index (χ1v) is 11.0. The zero-order valence-corrected chi connectivity index (χ0v) is 18.3.